The van der Waals surface area contributed by atoms with Crippen LogP contribution < -0.4 is 4.74 Å². The van der Waals surface area contributed by atoms with E-state index in [2.05, 4.69) is 22.0 Å². The second-order valence-corrected chi connectivity index (χ2v) is 6.61. The number of carbonyl (C=O) groups is 1. The Morgan fingerprint density at radius 3 is 2.50 bits per heavy atom. The maximum absolute atomic E-state index is 11.3. The minimum Gasteiger partial charge on any atom is -0.497 e. The number of hydrogen-bond acceptors (Lipinski definition) is 2. The van der Waals surface area contributed by atoms with E-state index in [-0.39, 0.29) is 6.42 Å². The van der Waals surface area contributed by atoms with Crippen LogP contribution in [0, 0.1) is 0 Å². The molecule has 4 heteroatoms. The highest BCUT2D eigenvalue weighted by Crippen LogP contribution is 2.44. The molecule has 0 atom stereocenters. The molecular formula is C20H17BrO3. The van der Waals surface area contributed by atoms with Gasteiger partial charge in [-0.3, -0.25) is 4.79 Å². The molecule has 0 amide bonds. The summed E-state index contributed by atoms with van der Waals surface area (Å²) in [5.74, 6) is -0.0997. The fraction of sp³-hybridized carbons (Fsp3) is 0.150. The Morgan fingerprint density at radius 2 is 1.88 bits per heavy atom. The average Bonchev–Trinajstić information content (AvgIpc) is 2.81. The molecule has 122 valence electrons. The molecule has 1 aliphatic carbocycles. The molecule has 2 aromatic carbocycles. The van der Waals surface area contributed by atoms with Gasteiger partial charge in [0.05, 0.1) is 13.5 Å². The Balaban J connectivity index is 2.15. The summed E-state index contributed by atoms with van der Waals surface area (Å²) in [7, 11) is 1.61. The van der Waals surface area contributed by atoms with Gasteiger partial charge < -0.3 is 9.84 Å². The highest BCUT2D eigenvalue weighted by molar-refractivity contribution is 9.10. The zero-order valence-electron chi connectivity index (χ0n) is 13.5. The highest BCUT2D eigenvalue weighted by atomic mass is 79.9. The molecule has 0 bridgehead atoms. The average molecular weight is 385 g/mol. The van der Waals surface area contributed by atoms with E-state index in [1.807, 2.05) is 49.4 Å². The van der Waals surface area contributed by atoms with E-state index in [0.717, 1.165) is 43.6 Å². The third-order valence-corrected chi connectivity index (χ3v) is 4.74. The number of carboxylic acids is 1. The molecule has 0 aliphatic heterocycles. The van der Waals surface area contributed by atoms with Crippen LogP contribution in [0.4, 0.5) is 0 Å². The second-order valence-electron chi connectivity index (χ2n) is 5.70. The van der Waals surface area contributed by atoms with E-state index in [0.29, 0.717) is 0 Å². The lowest BCUT2D eigenvalue weighted by Gasteiger charge is -2.07. The first-order valence-corrected chi connectivity index (χ1v) is 8.37. The Hall–Kier alpha value is -2.33. The number of fused-ring (bicyclic) bond motifs is 1. The predicted molar refractivity (Wildman–Crippen MR) is 99.9 cm³/mol. The van der Waals surface area contributed by atoms with Crippen LogP contribution in [0.25, 0.3) is 17.2 Å². The standard InChI is InChI=1S/C20H17BrO3/c1-12-17(9-13-3-5-14(21)6-4-13)16-8-7-15(24-2)10-19(16)18(12)11-20(22)23/h3-10H,11H2,1-2H3,(H,22,23)/b17-9-. The number of carboxylic acid groups (broad SMARTS) is 1. The van der Waals surface area contributed by atoms with E-state index >= 15 is 0 Å². The SMILES string of the molecule is COc1ccc2c(c1)C(CC(=O)O)=C(C)/C2=C/c1ccc(Br)cc1. The van der Waals surface area contributed by atoms with Gasteiger partial charge in [0.1, 0.15) is 5.75 Å². The first-order valence-electron chi connectivity index (χ1n) is 7.57. The molecule has 2 aromatic rings. The van der Waals surface area contributed by atoms with Crippen molar-refractivity contribution in [3.63, 3.8) is 0 Å². The summed E-state index contributed by atoms with van der Waals surface area (Å²) in [6.07, 6.45) is 2.10. The molecule has 0 fully saturated rings. The zero-order chi connectivity index (χ0) is 17.3. The van der Waals surface area contributed by atoms with Crippen LogP contribution in [0.1, 0.15) is 30.0 Å². The van der Waals surface area contributed by atoms with Crippen molar-refractivity contribution in [3.05, 3.63) is 69.2 Å². The van der Waals surface area contributed by atoms with Gasteiger partial charge in [-0.15, -0.1) is 0 Å². The van der Waals surface area contributed by atoms with Crippen LogP contribution in [0.5, 0.6) is 5.75 Å². The van der Waals surface area contributed by atoms with Crippen molar-refractivity contribution in [2.45, 2.75) is 13.3 Å². The van der Waals surface area contributed by atoms with Crippen LogP contribution >= 0.6 is 15.9 Å². The largest absolute Gasteiger partial charge is 0.497 e. The van der Waals surface area contributed by atoms with Crippen molar-refractivity contribution >= 4 is 39.1 Å². The lowest BCUT2D eigenvalue weighted by molar-refractivity contribution is -0.135. The fourth-order valence-electron chi connectivity index (χ4n) is 2.99. The molecule has 1 aliphatic rings. The number of hydrogen-bond donors (Lipinski definition) is 1. The molecule has 0 radical (unpaired) electrons. The van der Waals surface area contributed by atoms with Gasteiger partial charge in [0.15, 0.2) is 0 Å². The molecule has 0 heterocycles. The van der Waals surface area contributed by atoms with E-state index < -0.39 is 5.97 Å². The minimum atomic E-state index is -0.831. The lowest BCUT2D eigenvalue weighted by atomic mass is 10.0. The van der Waals surface area contributed by atoms with Gasteiger partial charge in [0.2, 0.25) is 0 Å². The topological polar surface area (TPSA) is 46.5 Å². The minimum absolute atomic E-state index is 0.00365. The van der Waals surface area contributed by atoms with E-state index in [9.17, 15) is 9.90 Å². The van der Waals surface area contributed by atoms with Crippen LogP contribution in [-0.4, -0.2) is 18.2 Å². The summed E-state index contributed by atoms with van der Waals surface area (Å²) in [5, 5.41) is 9.26. The van der Waals surface area contributed by atoms with Crippen molar-refractivity contribution in [2.24, 2.45) is 0 Å². The van der Waals surface area contributed by atoms with Gasteiger partial charge in [-0.05, 0) is 70.7 Å². The van der Waals surface area contributed by atoms with Crippen molar-refractivity contribution in [1.82, 2.24) is 0 Å². The van der Waals surface area contributed by atoms with E-state index in [1.165, 1.54) is 0 Å². The molecule has 0 unspecified atom stereocenters. The normalized spacial score (nSPS) is 14.9. The molecular weight excluding hydrogens is 368 g/mol. The number of rotatable bonds is 4. The third-order valence-electron chi connectivity index (χ3n) is 4.21. The second kappa shape index (κ2) is 6.65. The lowest BCUT2D eigenvalue weighted by Crippen LogP contribution is -1.97. The Bertz CT molecular complexity index is 861. The van der Waals surface area contributed by atoms with Crippen molar-refractivity contribution in [1.29, 1.82) is 0 Å². The molecule has 0 aromatic heterocycles. The van der Waals surface area contributed by atoms with E-state index in [1.54, 1.807) is 7.11 Å². The monoisotopic (exact) mass is 384 g/mol. The zero-order valence-corrected chi connectivity index (χ0v) is 15.1. The van der Waals surface area contributed by atoms with Gasteiger partial charge in [-0.25, -0.2) is 0 Å². The molecule has 0 saturated carbocycles. The Labute approximate surface area is 149 Å². The smallest absolute Gasteiger partial charge is 0.307 e. The van der Waals surface area contributed by atoms with Gasteiger partial charge in [-0.1, -0.05) is 34.1 Å². The van der Waals surface area contributed by atoms with E-state index in [4.69, 9.17) is 4.74 Å². The molecule has 3 nitrogen and oxygen atoms in total. The maximum atomic E-state index is 11.3. The number of ether oxygens (including phenoxy) is 1. The Morgan fingerprint density at radius 1 is 1.17 bits per heavy atom. The third kappa shape index (κ3) is 3.15. The Kier molecular flexibility index (Phi) is 4.58. The van der Waals surface area contributed by atoms with Gasteiger partial charge in [0.25, 0.3) is 0 Å². The van der Waals surface area contributed by atoms with Gasteiger partial charge in [0, 0.05) is 4.47 Å². The van der Waals surface area contributed by atoms with Gasteiger partial charge >= 0.3 is 5.97 Å². The molecule has 1 N–H and O–H groups in total. The quantitative estimate of drug-likeness (QED) is 0.781. The maximum Gasteiger partial charge on any atom is 0.307 e. The fourth-order valence-corrected chi connectivity index (χ4v) is 3.26. The molecule has 0 spiro atoms. The highest BCUT2D eigenvalue weighted by Gasteiger charge is 2.25. The number of allylic oxidation sites excluding steroid dienone is 2. The first-order chi connectivity index (χ1) is 11.5. The molecule has 0 saturated heterocycles. The molecule has 3 rings (SSSR count). The summed E-state index contributed by atoms with van der Waals surface area (Å²) in [6, 6.07) is 13.9. The summed E-state index contributed by atoms with van der Waals surface area (Å²) >= 11 is 3.44. The summed E-state index contributed by atoms with van der Waals surface area (Å²) in [5.41, 5.74) is 5.98. The number of halogens is 1. The van der Waals surface area contributed by atoms with Gasteiger partial charge in [-0.2, -0.15) is 0 Å². The van der Waals surface area contributed by atoms with Crippen molar-refractivity contribution < 1.29 is 14.6 Å². The number of aliphatic carboxylic acids is 1. The van der Waals surface area contributed by atoms with Crippen LogP contribution in [0.3, 0.4) is 0 Å². The van der Waals surface area contributed by atoms with Crippen molar-refractivity contribution in [2.75, 3.05) is 7.11 Å². The number of benzene rings is 2. The van der Waals surface area contributed by atoms with Crippen LogP contribution in [0.2, 0.25) is 0 Å². The predicted octanol–water partition coefficient (Wildman–Crippen LogP) is 5.26. The van der Waals surface area contributed by atoms with Crippen molar-refractivity contribution in [3.8, 4) is 5.75 Å². The van der Waals surface area contributed by atoms with Crippen LogP contribution in [0.15, 0.2) is 52.5 Å². The number of methoxy groups -OCH3 is 1. The summed E-state index contributed by atoms with van der Waals surface area (Å²) in [4.78, 5) is 11.3. The molecule has 24 heavy (non-hydrogen) atoms. The first kappa shape index (κ1) is 16.5. The van der Waals surface area contributed by atoms with Crippen LogP contribution in [-0.2, 0) is 4.79 Å². The summed E-state index contributed by atoms with van der Waals surface area (Å²) in [6.45, 7) is 1.98. The summed E-state index contributed by atoms with van der Waals surface area (Å²) < 4.78 is 6.33.